The number of halogens is 1. The monoisotopic (exact) mass is 315 g/mol. The third-order valence-corrected chi connectivity index (χ3v) is 4.23. The van der Waals surface area contributed by atoms with Crippen LogP contribution in [0.5, 0.6) is 0 Å². The summed E-state index contributed by atoms with van der Waals surface area (Å²) in [4.78, 5) is 14.4. The molecular weight excluding hydrogens is 302 g/mol. The molecule has 3 heteroatoms. The van der Waals surface area contributed by atoms with Crippen molar-refractivity contribution in [2.75, 3.05) is 6.54 Å². The summed E-state index contributed by atoms with van der Waals surface area (Å²) in [5.74, 6) is 0.131. The van der Waals surface area contributed by atoms with E-state index in [4.69, 9.17) is 0 Å². The van der Waals surface area contributed by atoms with Crippen LogP contribution in [-0.2, 0) is 13.0 Å². The number of carbonyl (C=O) groups excluding carboxylic acids is 1. The van der Waals surface area contributed by atoms with Crippen molar-refractivity contribution >= 4 is 21.8 Å². The van der Waals surface area contributed by atoms with Crippen molar-refractivity contribution in [3.8, 4) is 0 Å². The minimum Gasteiger partial charge on any atom is -0.334 e. The highest BCUT2D eigenvalue weighted by Crippen LogP contribution is 2.27. The van der Waals surface area contributed by atoms with Crippen LogP contribution in [0.25, 0.3) is 0 Å². The van der Waals surface area contributed by atoms with Gasteiger partial charge in [0.15, 0.2) is 0 Å². The molecule has 0 unspecified atom stereocenters. The van der Waals surface area contributed by atoms with Gasteiger partial charge in [0.1, 0.15) is 0 Å². The standard InChI is InChI=1S/C16H14BrNO/c17-15-8-4-7-14-13(15)9-10-18(16(14)19)11-12-5-2-1-3-6-12/h1-8H,9-11H2. The molecule has 1 aliphatic rings. The fraction of sp³-hybridized carbons (Fsp3) is 0.188. The van der Waals surface area contributed by atoms with Crippen molar-refractivity contribution in [1.82, 2.24) is 4.90 Å². The quantitative estimate of drug-likeness (QED) is 0.828. The minimum absolute atomic E-state index is 0.131. The number of amides is 1. The van der Waals surface area contributed by atoms with E-state index in [1.807, 2.05) is 41.3 Å². The van der Waals surface area contributed by atoms with Crippen LogP contribution >= 0.6 is 15.9 Å². The van der Waals surface area contributed by atoms with Crippen molar-refractivity contribution in [1.29, 1.82) is 0 Å². The third-order valence-electron chi connectivity index (χ3n) is 3.48. The molecule has 1 heterocycles. The van der Waals surface area contributed by atoms with Crippen LogP contribution in [0.15, 0.2) is 53.0 Å². The van der Waals surface area contributed by atoms with Gasteiger partial charge in [0, 0.05) is 23.1 Å². The van der Waals surface area contributed by atoms with Crippen molar-refractivity contribution < 1.29 is 4.79 Å². The Morgan fingerprint density at radius 3 is 2.63 bits per heavy atom. The molecule has 2 nitrogen and oxygen atoms in total. The molecule has 0 fully saturated rings. The number of rotatable bonds is 2. The zero-order chi connectivity index (χ0) is 13.2. The Morgan fingerprint density at radius 1 is 1.05 bits per heavy atom. The van der Waals surface area contributed by atoms with Crippen molar-refractivity contribution in [3.63, 3.8) is 0 Å². The lowest BCUT2D eigenvalue weighted by molar-refractivity contribution is 0.0726. The minimum atomic E-state index is 0.131. The summed E-state index contributed by atoms with van der Waals surface area (Å²) in [6.45, 7) is 1.47. The van der Waals surface area contributed by atoms with Crippen LogP contribution in [0.1, 0.15) is 21.5 Å². The summed E-state index contributed by atoms with van der Waals surface area (Å²) in [6.07, 6.45) is 0.912. The Labute approximate surface area is 121 Å². The van der Waals surface area contributed by atoms with Gasteiger partial charge in [-0.1, -0.05) is 52.3 Å². The molecule has 0 saturated heterocycles. The number of hydrogen-bond acceptors (Lipinski definition) is 1. The van der Waals surface area contributed by atoms with Gasteiger partial charge in [-0.15, -0.1) is 0 Å². The molecule has 0 spiro atoms. The topological polar surface area (TPSA) is 20.3 Å². The van der Waals surface area contributed by atoms with Crippen LogP contribution in [0.2, 0.25) is 0 Å². The van der Waals surface area contributed by atoms with E-state index in [-0.39, 0.29) is 5.91 Å². The predicted molar refractivity (Wildman–Crippen MR) is 79.0 cm³/mol. The maximum absolute atomic E-state index is 12.5. The maximum atomic E-state index is 12.5. The van der Waals surface area contributed by atoms with Gasteiger partial charge in [0.25, 0.3) is 5.91 Å². The fourth-order valence-electron chi connectivity index (χ4n) is 2.49. The number of carbonyl (C=O) groups is 1. The highest BCUT2D eigenvalue weighted by Gasteiger charge is 2.25. The second-order valence-electron chi connectivity index (χ2n) is 4.73. The van der Waals surface area contributed by atoms with Gasteiger partial charge in [-0.2, -0.15) is 0 Å². The summed E-state index contributed by atoms with van der Waals surface area (Å²) in [7, 11) is 0. The van der Waals surface area contributed by atoms with E-state index in [2.05, 4.69) is 28.1 Å². The van der Waals surface area contributed by atoms with Gasteiger partial charge in [-0.25, -0.2) is 0 Å². The SMILES string of the molecule is O=C1c2cccc(Br)c2CCN1Cc1ccccc1. The summed E-state index contributed by atoms with van der Waals surface area (Å²) in [5.41, 5.74) is 3.14. The number of fused-ring (bicyclic) bond motifs is 1. The Kier molecular flexibility index (Phi) is 3.38. The highest BCUT2D eigenvalue weighted by molar-refractivity contribution is 9.10. The first-order valence-corrected chi connectivity index (χ1v) is 7.15. The molecule has 1 aliphatic heterocycles. The van der Waals surface area contributed by atoms with Crippen LogP contribution in [0.3, 0.4) is 0 Å². The lowest BCUT2D eigenvalue weighted by atomic mass is 9.98. The fourth-order valence-corrected chi connectivity index (χ4v) is 3.05. The molecule has 2 aromatic rings. The highest BCUT2D eigenvalue weighted by atomic mass is 79.9. The van der Waals surface area contributed by atoms with Gasteiger partial charge in [-0.05, 0) is 29.7 Å². The molecule has 0 bridgehead atoms. The molecule has 2 aromatic carbocycles. The smallest absolute Gasteiger partial charge is 0.254 e. The Bertz CT molecular complexity index is 609. The van der Waals surface area contributed by atoms with Crippen LogP contribution < -0.4 is 0 Å². The molecule has 1 amide bonds. The third kappa shape index (κ3) is 2.43. The Hall–Kier alpha value is -1.61. The normalized spacial score (nSPS) is 14.4. The van der Waals surface area contributed by atoms with E-state index in [0.29, 0.717) is 6.54 Å². The van der Waals surface area contributed by atoms with E-state index in [1.54, 1.807) is 0 Å². The number of benzene rings is 2. The lowest BCUT2D eigenvalue weighted by Gasteiger charge is -2.29. The largest absolute Gasteiger partial charge is 0.334 e. The van der Waals surface area contributed by atoms with Crippen LogP contribution in [0, 0.1) is 0 Å². The molecular formula is C16H14BrNO. The molecule has 0 aromatic heterocycles. The maximum Gasteiger partial charge on any atom is 0.254 e. The van der Waals surface area contributed by atoms with Gasteiger partial charge < -0.3 is 4.90 Å². The van der Waals surface area contributed by atoms with Gasteiger partial charge in [0.2, 0.25) is 0 Å². The first-order chi connectivity index (χ1) is 9.25. The summed E-state index contributed by atoms with van der Waals surface area (Å²) in [5, 5.41) is 0. The number of nitrogens with zero attached hydrogens (tertiary/aromatic N) is 1. The van der Waals surface area contributed by atoms with Crippen LogP contribution in [0.4, 0.5) is 0 Å². The molecule has 96 valence electrons. The lowest BCUT2D eigenvalue weighted by Crippen LogP contribution is -2.37. The van der Waals surface area contributed by atoms with E-state index < -0.39 is 0 Å². The van der Waals surface area contributed by atoms with Crippen molar-refractivity contribution in [2.24, 2.45) is 0 Å². The molecule has 0 radical (unpaired) electrons. The van der Waals surface area contributed by atoms with E-state index >= 15 is 0 Å². The van der Waals surface area contributed by atoms with E-state index in [0.717, 1.165) is 28.6 Å². The molecule has 3 rings (SSSR count). The summed E-state index contributed by atoms with van der Waals surface area (Å²) < 4.78 is 1.04. The zero-order valence-electron chi connectivity index (χ0n) is 10.5. The van der Waals surface area contributed by atoms with E-state index in [9.17, 15) is 4.79 Å². The second-order valence-corrected chi connectivity index (χ2v) is 5.58. The molecule has 19 heavy (non-hydrogen) atoms. The van der Waals surface area contributed by atoms with Crippen molar-refractivity contribution in [3.05, 3.63) is 69.7 Å². The molecule has 0 aliphatic carbocycles. The van der Waals surface area contributed by atoms with Gasteiger partial charge >= 0.3 is 0 Å². The van der Waals surface area contributed by atoms with Crippen molar-refractivity contribution in [2.45, 2.75) is 13.0 Å². The Balaban J connectivity index is 1.86. The molecule has 0 saturated carbocycles. The van der Waals surface area contributed by atoms with E-state index in [1.165, 1.54) is 5.56 Å². The summed E-state index contributed by atoms with van der Waals surface area (Å²) >= 11 is 3.53. The average Bonchev–Trinajstić information content (AvgIpc) is 2.44. The molecule has 0 N–H and O–H groups in total. The second kappa shape index (κ2) is 5.17. The number of hydrogen-bond donors (Lipinski definition) is 0. The van der Waals surface area contributed by atoms with Gasteiger partial charge in [0.05, 0.1) is 0 Å². The molecule has 0 atom stereocenters. The predicted octanol–water partition coefficient (Wildman–Crippen LogP) is 3.65. The summed E-state index contributed by atoms with van der Waals surface area (Å²) in [6, 6.07) is 16.0. The first-order valence-electron chi connectivity index (χ1n) is 6.36. The Morgan fingerprint density at radius 2 is 1.84 bits per heavy atom. The van der Waals surface area contributed by atoms with Crippen LogP contribution in [-0.4, -0.2) is 17.4 Å². The average molecular weight is 316 g/mol. The van der Waals surface area contributed by atoms with Gasteiger partial charge in [-0.3, -0.25) is 4.79 Å². The zero-order valence-corrected chi connectivity index (χ0v) is 12.1. The first kappa shape index (κ1) is 12.4.